The average molecular weight is 266 g/mol. The maximum atomic E-state index is 6.00. The summed E-state index contributed by atoms with van der Waals surface area (Å²) in [5.41, 5.74) is 1.20. The first-order valence-electron chi connectivity index (χ1n) is 6.04. The highest BCUT2D eigenvalue weighted by atomic mass is 35.5. The van der Waals surface area contributed by atoms with Crippen LogP contribution in [0.1, 0.15) is 30.8 Å². The second kappa shape index (κ2) is 6.52. The Hall–Kier alpha value is -1.39. The number of hydrogen-bond donors (Lipinski definition) is 1. The molecular formula is C13H16ClN3O. The largest absolute Gasteiger partial charge is 0.340 e. The lowest BCUT2D eigenvalue weighted by atomic mass is 10.0. The molecule has 0 amide bonds. The molecule has 4 nitrogen and oxygen atoms in total. The molecule has 1 unspecified atom stereocenters. The van der Waals surface area contributed by atoms with E-state index in [1.807, 2.05) is 18.2 Å². The predicted molar refractivity (Wildman–Crippen MR) is 70.5 cm³/mol. The Balaban J connectivity index is 1.89. The summed E-state index contributed by atoms with van der Waals surface area (Å²) in [6.45, 7) is 2.94. The minimum Gasteiger partial charge on any atom is -0.340 e. The molecule has 2 aromatic rings. The Morgan fingerprint density at radius 3 is 3.00 bits per heavy atom. The van der Waals surface area contributed by atoms with Crippen molar-refractivity contribution in [2.24, 2.45) is 0 Å². The van der Waals surface area contributed by atoms with Gasteiger partial charge in [0.15, 0.2) is 6.33 Å². The molecule has 2 rings (SSSR count). The van der Waals surface area contributed by atoms with Gasteiger partial charge in [-0.05, 0) is 24.1 Å². The van der Waals surface area contributed by atoms with Crippen LogP contribution in [-0.4, -0.2) is 16.7 Å². The number of halogens is 1. The lowest BCUT2D eigenvalue weighted by Gasteiger charge is -2.17. The van der Waals surface area contributed by atoms with Gasteiger partial charge in [-0.1, -0.05) is 35.8 Å². The van der Waals surface area contributed by atoms with E-state index in [-0.39, 0.29) is 0 Å². The number of nitrogens with one attached hydrogen (secondary N) is 1. The van der Waals surface area contributed by atoms with Gasteiger partial charge in [0.1, 0.15) is 0 Å². The fourth-order valence-electron chi connectivity index (χ4n) is 1.88. The van der Waals surface area contributed by atoms with Crippen LogP contribution in [0.2, 0.25) is 5.02 Å². The smallest absolute Gasteiger partial charge is 0.227 e. The fraction of sp³-hybridized carbons (Fsp3) is 0.385. The number of aromatic nitrogens is 2. The molecule has 0 aliphatic heterocycles. The van der Waals surface area contributed by atoms with E-state index >= 15 is 0 Å². The zero-order valence-electron chi connectivity index (χ0n) is 10.3. The van der Waals surface area contributed by atoms with E-state index in [1.165, 1.54) is 11.9 Å². The second-order valence-electron chi connectivity index (χ2n) is 4.05. The molecule has 0 aliphatic rings. The maximum Gasteiger partial charge on any atom is 0.227 e. The Morgan fingerprint density at radius 1 is 1.44 bits per heavy atom. The van der Waals surface area contributed by atoms with Crippen LogP contribution in [0.4, 0.5) is 0 Å². The van der Waals surface area contributed by atoms with Crippen LogP contribution in [0.25, 0.3) is 0 Å². The summed E-state index contributed by atoms with van der Waals surface area (Å²) < 4.78 is 4.95. The van der Waals surface area contributed by atoms with E-state index in [9.17, 15) is 0 Å². The minimum absolute atomic E-state index is 0.298. The molecule has 0 saturated heterocycles. The van der Waals surface area contributed by atoms with Crippen molar-refractivity contribution in [2.45, 2.75) is 25.8 Å². The Morgan fingerprint density at radius 2 is 2.33 bits per heavy atom. The third-order valence-corrected chi connectivity index (χ3v) is 3.03. The summed E-state index contributed by atoms with van der Waals surface area (Å²) in [7, 11) is 0. The number of benzene rings is 1. The molecule has 0 radical (unpaired) electrons. The predicted octanol–water partition coefficient (Wildman–Crippen LogP) is 3.01. The van der Waals surface area contributed by atoms with E-state index in [2.05, 4.69) is 28.4 Å². The first-order valence-corrected chi connectivity index (χ1v) is 6.41. The zero-order valence-corrected chi connectivity index (χ0v) is 11.0. The molecule has 0 aliphatic carbocycles. The molecule has 0 bridgehead atoms. The zero-order chi connectivity index (χ0) is 12.8. The quantitative estimate of drug-likeness (QED) is 0.872. The van der Waals surface area contributed by atoms with Crippen LogP contribution in [-0.2, 0) is 6.42 Å². The number of rotatable bonds is 6. The molecule has 0 saturated carbocycles. The third-order valence-electron chi connectivity index (χ3n) is 2.80. The van der Waals surface area contributed by atoms with Gasteiger partial charge < -0.3 is 9.84 Å². The minimum atomic E-state index is 0.298. The van der Waals surface area contributed by atoms with Crippen LogP contribution in [0, 0.1) is 0 Å². The standard InChI is InChI=1S/C13H16ClN3O/c1-2-12(10-4-3-5-11(14)8-10)15-7-6-13-16-9-17-18-13/h3-5,8-9,12,15H,2,6-7H2,1H3. The Labute approximate surface area is 111 Å². The van der Waals surface area contributed by atoms with Gasteiger partial charge in [0.2, 0.25) is 5.89 Å². The highest BCUT2D eigenvalue weighted by Gasteiger charge is 2.09. The molecule has 1 aromatic carbocycles. The van der Waals surface area contributed by atoms with E-state index in [1.54, 1.807) is 0 Å². The van der Waals surface area contributed by atoms with Crippen molar-refractivity contribution >= 4 is 11.6 Å². The fourth-order valence-corrected chi connectivity index (χ4v) is 2.08. The molecule has 0 spiro atoms. The van der Waals surface area contributed by atoms with Gasteiger partial charge in [0, 0.05) is 24.0 Å². The highest BCUT2D eigenvalue weighted by Crippen LogP contribution is 2.20. The first-order chi connectivity index (χ1) is 8.79. The van der Waals surface area contributed by atoms with Gasteiger partial charge in [-0.15, -0.1) is 0 Å². The van der Waals surface area contributed by atoms with Gasteiger partial charge in [0.25, 0.3) is 0 Å². The van der Waals surface area contributed by atoms with Crippen molar-refractivity contribution in [3.8, 4) is 0 Å². The van der Waals surface area contributed by atoms with Crippen molar-refractivity contribution in [1.82, 2.24) is 15.5 Å². The van der Waals surface area contributed by atoms with E-state index in [0.29, 0.717) is 11.9 Å². The maximum absolute atomic E-state index is 6.00. The summed E-state index contributed by atoms with van der Waals surface area (Å²) >= 11 is 6.00. The third kappa shape index (κ3) is 3.55. The van der Waals surface area contributed by atoms with Gasteiger partial charge in [-0.3, -0.25) is 0 Å². The van der Waals surface area contributed by atoms with Crippen molar-refractivity contribution in [1.29, 1.82) is 0 Å². The van der Waals surface area contributed by atoms with Crippen LogP contribution < -0.4 is 5.32 Å². The number of hydrogen-bond acceptors (Lipinski definition) is 4. The molecule has 1 aromatic heterocycles. The molecule has 1 atom stereocenters. The van der Waals surface area contributed by atoms with E-state index in [0.717, 1.165) is 24.4 Å². The monoisotopic (exact) mass is 265 g/mol. The normalized spacial score (nSPS) is 12.6. The lowest BCUT2D eigenvalue weighted by molar-refractivity contribution is 0.371. The molecule has 1 heterocycles. The summed E-state index contributed by atoms with van der Waals surface area (Å²) in [6, 6.07) is 8.23. The Kier molecular flexibility index (Phi) is 4.73. The van der Waals surface area contributed by atoms with Crippen LogP contribution in [0.5, 0.6) is 0 Å². The summed E-state index contributed by atoms with van der Waals surface area (Å²) in [5, 5.41) is 7.81. The molecular weight excluding hydrogens is 250 g/mol. The van der Waals surface area contributed by atoms with Gasteiger partial charge >= 0.3 is 0 Å². The summed E-state index contributed by atoms with van der Waals surface area (Å²) in [4.78, 5) is 3.99. The van der Waals surface area contributed by atoms with Gasteiger partial charge in [-0.2, -0.15) is 4.98 Å². The highest BCUT2D eigenvalue weighted by molar-refractivity contribution is 6.30. The molecule has 18 heavy (non-hydrogen) atoms. The molecule has 0 fully saturated rings. The van der Waals surface area contributed by atoms with Crippen molar-refractivity contribution in [3.05, 3.63) is 47.1 Å². The van der Waals surface area contributed by atoms with E-state index < -0.39 is 0 Å². The summed E-state index contributed by atoms with van der Waals surface area (Å²) in [6.07, 6.45) is 3.16. The molecule has 96 valence electrons. The van der Waals surface area contributed by atoms with Gasteiger partial charge in [-0.25, -0.2) is 0 Å². The SMILES string of the molecule is CCC(NCCc1ncno1)c1cccc(Cl)c1. The van der Waals surface area contributed by atoms with Crippen LogP contribution in [0.3, 0.4) is 0 Å². The Bertz CT molecular complexity index is 473. The molecule has 5 heteroatoms. The lowest BCUT2D eigenvalue weighted by Crippen LogP contribution is -2.23. The first kappa shape index (κ1) is 13.1. The summed E-state index contributed by atoms with van der Waals surface area (Å²) in [5.74, 6) is 0.656. The molecule has 1 N–H and O–H groups in total. The van der Waals surface area contributed by atoms with Crippen LogP contribution in [0.15, 0.2) is 35.1 Å². The van der Waals surface area contributed by atoms with Crippen LogP contribution >= 0.6 is 11.6 Å². The van der Waals surface area contributed by atoms with Crippen molar-refractivity contribution in [2.75, 3.05) is 6.54 Å². The van der Waals surface area contributed by atoms with E-state index in [4.69, 9.17) is 16.1 Å². The average Bonchev–Trinajstić information content (AvgIpc) is 2.88. The second-order valence-corrected chi connectivity index (χ2v) is 4.49. The number of nitrogens with zero attached hydrogens (tertiary/aromatic N) is 2. The topological polar surface area (TPSA) is 51.0 Å². The van der Waals surface area contributed by atoms with Crippen molar-refractivity contribution in [3.63, 3.8) is 0 Å². The van der Waals surface area contributed by atoms with Gasteiger partial charge in [0.05, 0.1) is 0 Å². The van der Waals surface area contributed by atoms with Crippen molar-refractivity contribution < 1.29 is 4.52 Å².